The molecule has 0 amide bonds. The van der Waals surface area contributed by atoms with Gasteiger partial charge in [0.05, 0.1) is 0 Å². The third-order valence-corrected chi connectivity index (χ3v) is 4.92. The summed E-state index contributed by atoms with van der Waals surface area (Å²) in [5, 5.41) is 0. The third-order valence-electron chi connectivity index (χ3n) is 4.92. The van der Waals surface area contributed by atoms with E-state index in [1.165, 1.54) is 37.7 Å². The van der Waals surface area contributed by atoms with E-state index in [-0.39, 0.29) is 5.92 Å². The molecule has 0 radical (unpaired) electrons. The molecular weight excluding hydrogens is 258 g/mol. The summed E-state index contributed by atoms with van der Waals surface area (Å²) in [6.07, 6.45) is 12.1. The average Bonchev–Trinajstić information content (AvgIpc) is 2.54. The summed E-state index contributed by atoms with van der Waals surface area (Å²) >= 11 is 0. The minimum atomic E-state index is 0.288. The van der Waals surface area contributed by atoms with Crippen molar-refractivity contribution in [1.82, 2.24) is 4.98 Å². The van der Waals surface area contributed by atoms with E-state index in [1.807, 2.05) is 12.3 Å². The minimum absolute atomic E-state index is 0.288. The Labute approximate surface area is 129 Å². The number of hydrogen-bond donors (Lipinski definition) is 0. The third kappa shape index (κ3) is 4.94. The smallest absolute Gasteiger partial charge is 0.141 e. The molecule has 0 aromatic carbocycles. The Kier molecular flexibility index (Phi) is 6.41. The molecule has 1 heterocycles. The van der Waals surface area contributed by atoms with Gasteiger partial charge in [0.2, 0.25) is 0 Å². The molecule has 0 bridgehead atoms. The van der Waals surface area contributed by atoms with E-state index in [9.17, 15) is 4.79 Å². The van der Waals surface area contributed by atoms with Crippen molar-refractivity contribution in [1.29, 1.82) is 0 Å². The molecule has 0 atom stereocenters. The van der Waals surface area contributed by atoms with E-state index >= 15 is 0 Å². The SMILES string of the molecule is CCCCC1CCC(C(=O)Cc2ccc(CC)cn2)CC1. The summed E-state index contributed by atoms with van der Waals surface area (Å²) < 4.78 is 0. The molecule has 1 fully saturated rings. The number of carbonyl (C=O) groups is 1. The van der Waals surface area contributed by atoms with Crippen LogP contribution in [-0.4, -0.2) is 10.8 Å². The number of rotatable bonds is 7. The summed E-state index contributed by atoms with van der Waals surface area (Å²) in [6.45, 7) is 4.38. The molecule has 0 aliphatic heterocycles. The zero-order chi connectivity index (χ0) is 15.1. The van der Waals surface area contributed by atoms with Gasteiger partial charge in [-0.15, -0.1) is 0 Å². The van der Waals surface area contributed by atoms with Crippen LogP contribution < -0.4 is 0 Å². The van der Waals surface area contributed by atoms with Gasteiger partial charge in [0.15, 0.2) is 0 Å². The first-order valence-corrected chi connectivity index (χ1v) is 8.69. The lowest BCUT2D eigenvalue weighted by Crippen LogP contribution is -2.23. The number of Topliss-reactive ketones (excluding diaryl/α,β-unsaturated/α-hetero) is 1. The maximum Gasteiger partial charge on any atom is 0.141 e. The maximum absolute atomic E-state index is 12.4. The fourth-order valence-corrected chi connectivity index (χ4v) is 3.36. The van der Waals surface area contributed by atoms with Gasteiger partial charge in [-0.2, -0.15) is 0 Å². The van der Waals surface area contributed by atoms with E-state index in [0.29, 0.717) is 12.2 Å². The van der Waals surface area contributed by atoms with Crippen molar-refractivity contribution in [3.63, 3.8) is 0 Å². The van der Waals surface area contributed by atoms with Gasteiger partial charge in [-0.1, -0.05) is 39.2 Å². The molecule has 21 heavy (non-hydrogen) atoms. The van der Waals surface area contributed by atoms with Crippen LogP contribution in [0.15, 0.2) is 18.3 Å². The first-order chi connectivity index (χ1) is 10.2. The normalized spacial score (nSPS) is 22.2. The molecule has 1 aromatic rings. The minimum Gasteiger partial charge on any atom is -0.299 e. The topological polar surface area (TPSA) is 30.0 Å². The molecular formula is C19H29NO. The molecule has 1 aliphatic carbocycles. The van der Waals surface area contributed by atoms with Gasteiger partial charge in [0.1, 0.15) is 5.78 Å². The van der Waals surface area contributed by atoms with Crippen LogP contribution in [0.4, 0.5) is 0 Å². The standard InChI is InChI=1S/C19H29NO/c1-3-5-6-16-7-10-17(11-8-16)19(21)13-18-12-9-15(4-2)14-20-18/h9,12,14,16-17H,3-8,10-11,13H2,1-2H3. The number of pyridine rings is 1. The number of aryl methyl sites for hydroxylation is 1. The molecule has 0 unspecified atom stereocenters. The number of aromatic nitrogens is 1. The lowest BCUT2D eigenvalue weighted by atomic mass is 9.77. The van der Waals surface area contributed by atoms with Crippen LogP contribution in [0.3, 0.4) is 0 Å². The summed E-state index contributed by atoms with van der Waals surface area (Å²) in [4.78, 5) is 16.8. The Morgan fingerprint density at radius 2 is 1.95 bits per heavy atom. The van der Waals surface area contributed by atoms with Crippen molar-refractivity contribution in [2.75, 3.05) is 0 Å². The van der Waals surface area contributed by atoms with Crippen LogP contribution in [0.1, 0.15) is 70.1 Å². The quantitative estimate of drug-likeness (QED) is 0.724. The van der Waals surface area contributed by atoms with E-state index in [1.54, 1.807) is 0 Å². The van der Waals surface area contributed by atoms with E-state index < -0.39 is 0 Å². The second-order valence-corrected chi connectivity index (χ2v) is 6.51. The number of nitrogens with zero attached hydrogens (tertiary/aromatic N) is 1. The molecule has 2 nitrogen and oxygen atoms in total. The Morgan fingerprint density at radius 3 is 2.52 bits per heavy atom. The molecule has 1 aliphatic rings. The fraction of sp³-hybridized carbons (Fsp3) is 0.684. The van der Waals surface area contributed by atoms with Crippen LogP contribution in [0.2, 0.25) is 0 Å². The van der Waals surface area contributed by atoms with Gasteiger partial charge < -0.3 is 0 Å². The summed E-state index contributed by atoms with van der Waals surface area (Å²) in [5.74, 6) is 1.56. The van der Waals surface area contributed by atoms with Gasteiger partial charge in [0, 0.05) is 24.2 Å². The molecule has 2 heteroatoms. The zero-order valence-electron chi connectivity index (χ0n) is 13.6. The highest BCUT2D eigenvalue weighted by Gasteiger charge is 2.25. The van der Waals surface area contributed by atoms with Crippen molar-refractivity contribution in [2.24, 2.45) is 11.8 Å². The van der Waals surface area contributed by atoms with Crippen LogP contribution in [0, 0.1) is 11.8 Å². The molecule has 1 aromatic heterocycles. The molecule has 0 N–H and O–H groups in total. The lowest BCUT2D eigenvalue weighted by molar-refractivity contribution is -0.123. The highest BCUT2D eigenvalue weighted by Crippen LogP contribution is 2.32. The first-order valence-electron chi connectivity index (χ1n) is 8.69. The predicted octanol–water partition coefficient (Wildman–Crippen LogP) is 4.75. The predicted molar refractivity (Wildman–Crippen MR) is 87.3 cm³/mol. The average molecular weight is 287 g/mol. The number of unbranched alkanes of at least 4 members (excludes halogenated alkanes) is 1. The van der Waals surface area contributed by atoms with Gasteiger partial charge in [-0.25, -0.2) is 0 Å². The second-order valence-electron chi connectivity index (χ2n) is 6.51. The first kappa shape index (κ1) is 16.2. The zero-order valence-corrected chi connectivity index (χ0v) is 13.6. The van der Waals surface area contributed by atoms with E-state index in [2.05, 4.69) is 24.9 Å². The Balaban J connectivity index is 1.78. The number of hydrogen-bond acceptors (Lipinski definition) is 2. The molecule has 116 valence electrons. The summed E-state index contributed by atoms with van der Waals surface area (Å²) in [5.41, 5.74) is 2.17. The fourth-order valence-electron chi connectivity index (χ4n) is 3.36. The van der Waals surface area contributed by atoms with E-state index in [4.69, 9.17) is 0 Å². The molecule has 1 saturated carbocycles. The van der Waals surface area contributed by atoms with Crippen molar-refractivity contribution in [3.8, 4) is 0 Å². The van der Waals surface area contributed by atoms with Crippen molar-refractivity contribution in [3.05, 3.63) is 29.6 Å². The summed E-state index contributed by atoms with van der Waals surface area (Å²) in [7, 11) is 0. The summed E-state index contributed by atoms with van der Waals surface area (Å²) in [6, 6.07) is 4.11. The Hall–Kier alpha value is -1.18. The largest absolute Gasteiger partial charge is 0.299 e. The van der Waals surface area contributed by atoms with Crippen LogP contribution in [0.5, 0.6) is 0 Å². The number of ketones is 1. The van der Waals surface area contributed by atoms with Gasteiger partial charge in [0.25, 0.3) is 0 Å². The number of carbonyl (C=O) groups excluding carboxylic acids is 1. The van der Waals surface area contributed by atoms with Crippen molar-refractivity contribution >= 4 is 5.78 Å². The maximum atomic E-state index is 12.4. The molecule has 0 saturated heterocycles. The second kappa shape index (κ2) is 8.31. The van der Waals surface area contributed by atoms with Gasteiger partial charge >= 0.3 is 0 Å². The Morgan fingerprint density at radius 1 is 1.19 bits per heavy atom. The van der Waals surface area contributed by atoms with Crippen molar-refractivity contribution < 1.29 is 4.79 Å². The van der Waals surface area contributed by atoms with Crippen LogP contribution in [-0.2, 0) is 17.6 Å². The monoisotopic (exact) mass is 287 g/mol. The van der Waals surface area contributed by atoms with Gasteiger partial charge in [-0.3, -0.25) is 9.78 Å². The van der Waals surface area contributed by atoms with Crippen molar-refractivity contribution in [2.45, 2.75) is 71.6 Å². The highest BCUT2D eigenvalue weighted by molar-refractivity contribution is 5.82. The van der Waals surface area contributed by atoms with Crippen LogP contribution in [0.25, 0.3) is 0 Å². The lowest BCUT2D eigenvalue weighted by Gasteiger charge is -2.27. The van der Waals surface area contributed by atoms with Crippen LogP contribution >= 0.6 is 0 Å². The molecule has 0 spiro atoms. The highest BCUT2D eigenvalue weighted by atomic mass is 16.1. The van der Waals surface area contributed by atoms with Gasteiger partial charge in [-0.05, 0) is 49.7 Å². The Bertz CT molecular complexity index is 429. The van der Waals surface area contributed by atoms with E-state index in [0.717, 1.165) is 30.9 Å². The molecule has 2 rings (SSSR count).